The van der Waals surface area contributed by atoms with E-state index in [0.717, 1.165) is 17.0 Å². The zero-order valence-corrected chi connectivity index (χ0v) is 13.9. The van der Waals surface area contributed by atoms with Crippen LogP contribution >= 0.6 is 12.4 Å². The van der Waals surface area contributed by atoms with E-state index < -0.39 is 0 Å². The number of hydrogen-bond donors (Lipinski definition) is 1. The number of halogens is 2. The van der Waals surface area contributed by atoms with Crippen molar-refractivity contribution in [2.45, 2.75) is 0 Å². The molecule has 0 heterocycles. The quantitative estimate of drug-likeness (QED) is 0.604. The molecule has 0 atom stereocenters. The predicted octanol–water partition coefficient (Wildman–Crippen LogP) is 5.41. The second-order valence-electron chi connectivity index (χ2n) is 5.18. The van der Waals surface area contributed by atoms with Crippen molar-refractivity contribution in [2.75, 3.05) is 18.5 Å². The van der Waals surface area contributed by atoms with Gasteiger partial charge in [0.15, 0.2) is 0 Å². The summed E-state index contributed by atoms with van der Waals surface area (Å²) < 4.78 is 18.6. The molecule has 0 radical (unpaired) electrons. The van der Waals surface area contributed by atoms with Crippen LogP contribution in [-0.4, -0.2) is 13.2 Å². The minimum absolute atomic E-state index is 0. The second kappa shape index (κ2) is 8.94. The van der Waals surface area contributed by atoms with E-state index in [1.165, 1.54) is 17.7 Å². The Bertz CT molecular complexity index is 747. The first kappa shape index (κ1) is 17.8. The van der Waals surface area contributed by atoms with Crippen molar-refractivity contribution in [3.8, 4) is 16.9 Å². The lowest BCUT2D eigenvalue weighted by atomic mass is 10.1. The van der Waals surface area contributed by atoms with Gasteiger partial charge in [0, 0.05) is 12.2 Å². The molecule has 3 aromatic carbocycles. The van der Waals surface area contributed by atoms with E-state index >= 15 is 0 Å². The van der Waals surface area contributed by atoms with Crippen LogP contribution < -0.4 is 10.1 Å². The molecule has 0 aliphatic rings. The van der Waals surface area contributed by atoms with Gasteiger partial charge in [0.05, 0.1) is 0 Å². The van der Waals surface area contributed by atoms with E-state index in [1.807, 2.05) is 36.4 Å². The minimum Gasteiger partial charge on any atom is -0.492 e. The first-order valence-electron chi connectivity index (χ1n) is 7.59. The Morgan fingerprint density at radius 3 is 2.25 bits per heavy atom. The summed E-state index contributed by atoms with van der Waals surface area (Å²) in [4.78, 5) is 0. The fourth-order valence-electron chi connectivity index (χ4n) is 2.33. The summed E-state index contributed by atoms with van der Waals surface area (Å²) in [6.07, 6.45) is 0. The third-order valence-electron chi connectivity index (χ3n) is 3.49. The van der Waals surface area contributed by atoms with Gasteiger partial charge in [-0.05, 0) is 47.5 Å². The maximum atomic E-state index is 12.8. The molecule has 0 fully saturated rings. The van der Waals surface area contributed by atoms with Crippen LogP contribution in [-0.2, 0) is 0 Å². The second-order valence-corrected chi connectivity index (χ2v) is 5.18. The minimum atomic E-state index is -0.232. The molecule has 0 spiro atoms. The van der Waals surface area contributed by atoms with Gasteiger partial charge in [-0.1, -0.05) is 42.5 Å². The molecule has 0 bridgehead atoms. The smallest absolute Gasteiger partial charge is 0.123 e. The van der Waals surface area contributed by atoms with Crippen LogP contribution in [0.15, 0.2) is 78.9 Å². The molecule has 3 rings (SSSR count). The highest BCUT2D eigenvalue weighted by Crippen LogP contribution is 2.23. The fraction of sp³-hybridized carbons (Fsp3) is 0.100. The predicted molar refractivity (Wildman–Crippen MR) is 99.5 cm³/mol. The maximum absolute atomic E-state index is 12.8. The van der Waals surface area contributed by atoms with E-state index in [1.54, 1.807) is 12.1 Å². The Labute approximate surface area is 147 Å². The molecular weight excluding hydrogens is 325 g/mol. The van der Waals surface area contributed by atoms with Crippen molar-refractivity contribution in [1.29, 1.82) is 0 Å². The largest absolute Gasteiger partial charge is 0.492 e. The lowest BCUT2D eigenvalue weighted by Crippen LogP contribution is -2.11. The van der Waals surface area contributed by atoms with Gasteiger partial charge in [-0.25, -0.2) is 4.39 Å². The van der Waals surface area contributed by atoms with Crippen LogP contribution in [0.2, 0.25) is 0 Å². The zero-order valence-electron chi connectivity index (χ0n) is 13.1. The molecule has 1 N–H and O–H groups in total. The van der Waals surface area contributed by atoms with Gasteiger partial charge in [0.2, 0.25) is 0 Å². The van der Waals surface area contributed by atoms with E-state index in [4.69, 9.17) is 4.74 Å². The van der Waals surface area contributed by atoms with Crippen molar-refractivity contribution < 1.29 is 9.13 Å². The van der Waals surface area contributed by atoms with Crippen molar-refractivity contribution >= 4 is 18.1 Å². The van der Waals surface area contributed by atoms with E-state index in [0.29, 0.717) is 13.2 Å². The molecule has 4 heteroatoms. The van der Waals surface area contributed by atoms with Gasteiger partial charge in [-0.2, -0.15) is 0 Å². The Kier molecular flexibility index (Phi) is 6.64. The Balaban J connectivity index is 0.00000208. The van der Waals surface area contributed by atoms with Crippen LogP contribution in [0.1, 0.15) is 0 Å². The molecule has 3 aromatic rings. The van der Waals surface area contributed by atoms with Crippen molar-refractivity contribution in [1.82, 2.24) is 0 Å². The fourth-order valence-corrected chi connectivity index (χ4v) is 2.33. The topological polar surface area (TPSA) is 21.3 Å². The Morgan fingerprint density at radius 2 is 1.50 bits per heavy atom. The first-order chi connectivity index (χ1) is 11.3. The number of rotatable bonds is 6. The standard InChI is InChI=1S/C20H18FNO.ClH/c21-18-9-11-19(12-10-18)22-13-14-23-20-8-4-7-17(15-20)16-5-2-1-3-6-16;/h1-12,15,22H,13-14H2;1H. The van der Waals surface area contributed by atoms with Crippen LogP contribution in [0.5, 0.6) is 5.75 Å². The molecule has 0 aliphatic heterocycles. The average molecular weight is 344 g/mol. The SMILES string of the molecule is Cl.Fc1ccc(NCCOc2cccc(-c3ccccc3)c2)cc1. The molecule has 24 heavy (non-hydrogen) atoms. The summed E-state index contributed by atoms with van der Waals surface area (Å²) in [6, 6.07) is 24.6. The van der Waals surface area contributed by atoms with Gasteiger partial charge < -0.3 is 10.1 Å². The van der Waals surface area contributed by atoms with Crippen molar-refractivity contribution in [3.05, 3.63) is 84.7 Å². The lowest BCUT2D eigenvalue weighted by Gasteiger charge is -2.10. The molecule has 0 aliphatic carbocycles. The van der Waals surface area contributed by atoms with Crippen molar-refractivity contribution in [2.24, 2.45) is 0 Å². The zero-order chi connectivity index (χ0) is 15.9. The van der Waals surface area contributed by atoms with Crippen LogP contribution in [0.3, 0.4) is 0 Å². The number of ether oxygens (including phenoxy) is 1. The van der Waals surface area contributed by atoms with E-state index in [2.05, 4.69) is 23.5 Å². The molecular formula is C20H19ClFNO. The third-order valence-corrected chi connectivity index (χ3v) is 3.49. The van der Waals surface area contributed by atoms with Crippen molar-refractivity contribution in [3.63, 3.8) is 0 Å². The molecule has 124 valence electrons. The van der Waals surface area contributed by atoms with Crippen LogP contribution in [0.25, 0.3) is 11.1 Å². The summed E-state index contributed by atoms with van der Waals surface area (Å²) in [6.45, 7) is 1.19. The number of benzene rings is 3. The van der Waals surface area contributed by atoms with Gasteiger partial charge in [0.25, 0.3) is 0 Å². The summed E-state index contributed by atoms with van der Waals surface area (Å²) in [7, 11) is 0. The van der Waals surface area contributed by atoms with Gasteiger partial charge >= 0.3 is 0 Å². The monoisotopic (exact) mass is 343 g/mol. The van der Waals surface area contributed by atoms with Gasteiger partial charge in [-0.15, -0.1) is 12.4 Å². The van der Waals surface area contributed by atoms with Crippen LogP contribution in [0, 0.1) is 5.82 Å². The Hall–Kier alpha value is -2.52. The highest BCUT2D eigenvalue weighted by Gasteiger charge is 2.00. The highest BCUT2D eigenvalue weighted by atomic mass is 35.5. The summed E-state index contributed by atoms with van der Waals surface area (Å²) in [5, 5.41) is 3.20. The summed E-state index contributed by atoms with van der Waals surface area (Å²) >= 11 is 0. The number of anilines is 1. The van der Waals surface area contributed by atoms with Gasteiger partial charge in [0.1, 0.15) is 18.2 Å². The molecule has 0 aromatic heterocycles. The third kappa shape index (κ3) is 5.00. The normalized spacial score (nSPS) is 9.88. The van der Waals surface area contributed by atoms with E-state index in [9.17, 15) is 4.39 Å². The lowest BCUT2D eigenvalue weighted by molar-refractivity contribution is 0.333. The molecule has 0 saturated heterocycles. The summed E-state index contributed by atoms with van der Waals surface area (Å²) in [5.41, 5.74) is 3.19. The summed E-state index contributed by atoms with van der Waals surface area (Å²) in [5.74, 6) is 0.608. The molecule has 2 nitrogen and oxygen atoms in total. The molecule has 0 saturated carbocycles. The average Bonchev–Trinajstić information content (AvgIpc) is 2.61. The maximum Gasteiger partial charge on any atom is 0.123 e. The number of nitrogens with one attached hydrogen (secondary N) is 1. The van der Waals surface area contributed by atoms with Gasteiger partial charge in [-0.3, -0.25) is 0 Å². The molecule has 0 amide bonds. The van der Waals surface area contributed by atoms with E-state index in [-0.39, 0.29) is 18.2 Å². The first-order valence-corrected chi connectivity index (χ1v) is 7.59. The van der Waals surface area contributed by atoms with Crippen LogP contribution in [0.4, 0.5) is 10.1 Å². The number of hydrogen-bond acceptors (Lipinski definition) is 2. The Morgan fingerprint density at radius 1 is 0.792 bits per heavy atom. The highest BCUT2D eigenvalue weighted by molar-refractivity contribution is 5.85. The molecule has 0 unspecified atom stereocenters.